The van der Waals surface area contributed by atoms with Crippen LogP contribution in [0.3, 0.4) is 0 Å². The van der Waals surface area contributed by atoms with Gasteiger partial charge >= 0.3 is 0 Å². The molecule has 0 spiro atoms. The molecule has 1 amide bonds. The zero-order chi connectivity index (χ0) is 26.6. The van der Waals surface area contributed by atoms with Gasteiger partial charge in [0.15, 0.2) is 4.34 Å². The summed E-state index contributed by atoms with van der Waals surface area (Å²) in [6.45, 7) is 2.12. The molecule has 1 aliphatic heterocycles. The van der Waals surface area contributed by atoms with Crippen molar-refractivity contribution < 1.29 is 9.53 Å². The van der Waals surface area contributed by atoms with Crippen molar-refractivity contribution in [1.29, 1.82) is 0 Å². The lowest BCUT2D eigenvalue weighted by Crippen LogP contribution is -2.22. The summed E-state index contributed by atoms with van der Waals surface area (Å²) in [4.78, 5) is 17.3. The highest BCUT2D eigenvalue weighted by atomic mass is 32.2. The van der Waals surface area contributed by atoms with Crippen LogP contribution in [0.25, 0.3) is 16.0 Å². The molecule has 4 aromatic carbocycles. The van der Waals surface area contributed by atoms with E-state index in [1.807, 2.05) is 78.9 Å². The standard InChI is InChI=1S/C32H25N3O2S2/c1-21-11-5-6-14-23(21)30-24-15-7-9-17-27(24)37-31(22-12-3-2-4-13-22)25(30)19-33-35-29(36)20-38-32-34-26-16-8-10-18-28(26)39-32/h2-19,30H,20H2,1H3,(H,35,36)/b33-19-. The molecular weight excluding hydrogens is 523 g/mol. The zero-order valence-corrected chi connectivity index (χ0v) is 22.8. The second-order valence-corrected chi connectivity index (χ2v) is 11.4. The Morgan fingerprint density at radius 2 is 1.67 bits per heavy atom. The topological polar surface area (TPSA) is 63.6 Å². The molecule has 1 aliphatic rings. The molecule has 7 heteroatoms. The summed E-state index contributed by atoms with van der Waals surface area (Å²) in [5, 5.41) is 4.41. The Kier molecular flexibility index (Phi) is 7.25. The van der Waals surface area contributed by atoms with Gasteiger partial charge < -0.3 is 4.74 Å². The molecule has 0 saturated heterocycles. The number of hydrazone groups is 1. The number of hydrogen-bond donors (Lipinski definition) is 1. The van der Waals surface area contributed by atoms with E-state index in [4.69, 9.17) is 4.74 Å². The van der Waals surface area contributed by atoms with E-state index in [0.29, 0.717) is 0 Å². The molecule has 5 aromatic rings. The van der Waals surface area contributed by atoms with Crippen LogP contribution in [0.1, 0.15) is 28.2 Å². The van der Waals surface area contributed by atoms with Crippen molar-refractivity contribution in [1.82, 2.24) is 10.4 Å². The third-order valence-electron chi connectivity index (χ3n) is 6.54. The molecule has 1 N–H and O–H groups in total. The van der Waals surface area contributed by atoms with Crippen LogP contribution in [0.15, 0.2) is 118 Å². The fraction of sp³-hybridized carbons (Fsp3) is 0.0938. The first-order chi connectivity index (χ1) is 19.2. The van der Waals surface area contributed by atoms with Crippen molar-refractivity contribution in [3.05, 3.63) is 131 Å². The summed E-state index contributed by atoms with van der Waals surface area (Å²) >= 11 is 3.00. The first-order valence-corrected chi connectivity index (χ1v) is 14.4. The van der Waals surface area contributed by atoms with Crippen LogP contribution in [0, 0.1) is 6.92 Å². The van der Waals surface area contributed by atoms with Gasteiger partial charge in [0.1, 0.15) is 11.5 Å². The lowest BCUT2D eigenvalue weighted by molar-refractivity contribution is -0.118. The number of para-hydroxylation sites is 2. The summed E-state index contributed by atoms with van der Waals surface area (Å²) in [6, 6.07) is 34.5. The predicted molar refractivity (Wildman–Crippen MR) is 160 cm³/mol. The Hall–Kier alpha value is -4.20. The lowest BCUT2D eigenvalue weighted by atomic mass is 9.80. The summed E-state index contributed by atoms with van der Waals surface area (Å²) in [6.07, 6.45) is 1.73. The number of carbonyl (C=O) groups is 1. The van der Waals surface area contributed by atoms with Gasteiger partial charge in [0.25, 0.3) is 5.91 Å². The van der Waals surface area contributed by atoms with E-state index in [2.05, 4.69) is 46.7 Å². The van der Waals surface area contributed by atoms with Crippen LogP contribution in [0.4, 0.5) is 0 Å². The van der Waals surface area contributed by atoms with E-state index in [-0.39, 0.29) is 17.6 Å². The fourth-order valence-electron chi connectivity index (χ4n) is 4.72. The Morgan fingerprint density at radius 3 is 2.49 bits per heavy atom. The van der Waals surface area contributed by atoms with Crippen molar-refractivity contribution in [2.45, 2.75) is 17.2 Å². The largest absolute Gasteiger partial charge is 0.456 e. The minimum Gasteiger partial charge on any atom is -0.456 e. The number of fused-ring (bicyclic) bond motifs is 2. The summed E-state index contributed by atoms with van der Waals surface area (Å²) in [5.41, 5.74) is 8.90. The first-order valence-electron chi connectivity index (χ1n) is 12.6. The van der Waals surface area contributed by atoms with E-state index in [1.54, 1.807) is 17.6 Å². The average molecular weight is 548 g/mol. The maximum absolute atomic E-state index is 12.7. The van der Waals surface area contributed by atoms with Crippen LogP contribution in [0.5, 0.6) is 5.75 Å². The molecule has 0 fully saturated rings. The van der Waals surface area contributed by atoms with E-state index in [1.165, 1.54) is 22.9 Å². The number of nitrogens with zero attached hydrogens (tertiary/aromatic N) is 2. The predicted octanol–water partition coefficient (Wildman–Crippen LogP) is 7.43. The lowest BCUT2D eigenvalue weighted by Gasteiger charge is -2.30. The number of benzene rings is 4. The Bertz CT molecular complexity index is 1680. The number of allylic oxidation sites excluding steroid dienone is 1. The molecule has 5 nitrogen and oxygen atoms in total. The van der Waals surface area contributed by atoms with E-state index >= 15 is 0 Å². The maximum Gasteiger partial charge on any atom is 0.250 e. The number of amides is 1. The van der Waals surface area contributed by atoms with Crippen LogP contribution >= 0.6 is 23.1 Å². The smallest absolute Gasteiger partial charge is 0.250 e. The molecular formula is C32H25N3O2S2. The molecule has 192 valence electrons. The molecule has 1 aromatic heterocycles. The molecule has 0 aliphatic carbocycles. The number of rotatable bonds is 7. The van der Waals surface area contributed by atoms with Gasteiger partial charge in [-0.2, -0.15) is 5.10 Å². The van der Waals surface area contributed by atoms with Crippen molar-refractivity contribution in [2.24, 2.45) is 5.10 Å². The monoisotopic (exact) mass is 547 g/mol. The minimum absolute atomic E-state index is 0.107. The zero-order valence-electron chi connectivity index (χ0n) is 21.2. The number of hydrogen-bond acceptors (Lipinski definition) is 6. The number of carbonyl (C=O) groups excluding carboxylic acids is 1. The van der Waals surface area contributed by atoms with Gasteiger partial charge in [0.05, 0.1) is 22.2 Å². The first kappa shape index (κ1) is 25.1. The van der Waals surface area contributed by atoms with Gasteiger partial charge in [0.2, 0.25) is 0 Å². The minimum atomic E-state index is -0.193. The second-order valence-electron chi connectivity index (χ2n) is 9.11. The molecule has 1 atom stereocenters. The Labute approximate surface area is 235 Å². The average Bonchev–Trinajstić information content (AvgIpc) is 3.40. The Morgan fingerprint density at radius 1 is 0.949 bits per heavy atom. The highest BCUT2D eigenvalue weighted by molar-refractivity contribution is 8.01. The van der Waals surface area contributed by atoms with Gasteiger partial charge in [-0.15, -0.1) is 11.3 Å². The van der Waals surface area contributed by atoms with Gasteiger partial charge in [-0.3, -0.25) is 4.79 Å². The molecule has 39 heavy (non-hydrogen) atoms. The fourth-order valence-corrected chi connectivity index (χ4v) is 6.58. The van der Waals surface area contributed by atoms with Crippen molar-refractivity contribution in [3.63, 3.8) is 0 Å². The van der Waals surface area contributed by atoms with Crippen LogP contribution in [-0.4, -0.2) is 22.9 Å². The van der Waals surface area contributed by atoms with Crippen LogP contribution in [0.2, 0.25) is 0 Å². The molecule has 0 bridgehead atoms. The van der Waals surface area contributed by atoms with Crippen LogP contribution in [-0.2, 0) is 4.79 Å². The van der Waals surface area contributed by atoms with Crippen molar-refractivity contribution in [3.8, 4) is 5.75 Å². The normalized spacial score (nSPS) is 14.8. The molecule has 0 radical (unpaired) electrons. The highest BCUT2D eigenvalue weighted by Gasteiger charge is 2.31. The number of thioether (sulfide) groups is 1. The van der Waals surface area contributed by atoms with Crippen molar-refractivity contribution in [2.75, 3.05) is 5.75 Å². The van der Waals surface area contributed by atoms with Gasteiger partial charge in [-0.25, -0.2) is 10.4 Å². The molecule has 6 rings (SSSR count). The van der Waals surface area contributed by atoms with Gasteiger partial charge in [-0.1, -0.05) is 96.7 Å². The Balaban J connectivity index is 1.30. The quantitative estimate of drug-likeness (QED) is 0.131. The summed E-state index contributed by atoms with van der Waals surface area (Å²) < 4.78 is 8.45. The van der Waals surface area contributed by atoms with Gasteiger partial charge in [-0.05, 0) is 36.2 Å². The third-order valence-corrected chi connectivity index (χ3v) is 8.72. The SMILES string of the molecule is Cc1ccccc1C1C(/C=N\NC(=O)CSc2nc3ccccc3s2)=C(c2ccccc2)Oc2ccccc21. The third kappa shape index (κ3) is 5.37. The number of ether oxygens (including phenoxy) is 1. The van der Waals surface area contributed by atoms with E-state index < -0.39 is 0 Å². The maximum atomic E-state index is 12.7. The van der Waals surface area contributed by atoms with E-state index in [0.717, 1.165) is 42.8 Å². The number of aryl methyl sites for hydroxylation is 1. The molecule has 1 unspecified atom stereocenters. The highest BCUT2D eigenvalue weighted by Crippen LogP contribution is 2.45. The molecule has 2 heterocycles. The number of aromatic nitrogens is 1. The van der Waals surface area contributed by atoms with Crippen molar-refractivity contribution >= 4 is 51.2 Å². The number of thiazole rings is 1. The van der Waals surface area contributed by atoms with Crippen LogP contribution < -0.4 is 10.2 Å². The summed E-state index contributed by atoms with van der Waals surface area (Å²) in [5.74, 6) is 1.47. The van der Waals surface area contributed by atoms with Gasteiger partial charge in [0, 0.05) is 22.6 Å². The summed E-state index contributed by atoms with van der Waals surface area (Å²) in [7, 11) is 0. The molecule has 0 saturated carbocycles. The second kappa shape index (κ2) is 11.3. The number of nitrogens with one attached hydrogen (secondary N) is 1. The van der Waals surface area contributed by atoms with E-state index in [9.17, 15) is 4.79 Å².